The summed E-state index contributed by atoms with van der Waals surface area (Å²) in [5.74, 6) is 0. The molecule has 1 aromatic carbocycles. The quantitative estimate of drug-likeness (QED) is 0.895. The van der Waals surface area contributed by atoms with Gasteiger partial charge in [0.1, 0.15) is 0 Å². The van der Waals surface area contributed by atoms with E-state index in [1.807, 2.05) is 30.3 Å². The summed E-state index contributed by atoms with van der Waals surface area (Å²) in [5, 5.41) is 1.26. The molecule has 0 radical (unpaired) electrons. The molecule has 1 unspecified atom stereocenters. The highest BCUT2D eigenvalue weighted by Crippen LogP contribution is 2.29. The maximum absolute atomic E-state index is 6.16. The summed E-state index contributed by atoms with van der Waals surface area (Å²) >= 11 is 15.7. The van der Waals surface area contributed by atoms with Gasteiger partial charge in [0, 0.05) is 20.7 Å². The number of pyridine rings is 1. The molecule has 0 spiro atoms. The van der Waals surface area contributed by atoms with Gasteiger partial charge < -0.3 is 5.73 Å². The van der Waals surface area contributed by atoms with Crippen molar-refractivity contribution < 1.29 is 0 Å². The number of hydrogen-bond donors (Lipinski definition) is 1. The Bertz CT molecular complexity index is 540. The maximum atomic E-state index is 6.16. The lowest BCUT2D eigenvalue weighted by molar-refractivity contribution is 0.692. The summed E-state index contributed by atoms with van der Waals surface area (Å²) in [4.78, 5) is 4.28. The minimum Gasteiger partial charge on any atom is -0.322 e. The van der Waals surface area contributed by atoms with Crippen LogP contribution in [0, 0.1) is 0 Å². The number of nitrogens with two attached hydrogens (primary N) is 1. The second kappa shape index (κ2) is 6.02. The molecule has 0 aliphatic rings. The molecule has 0 fully saturated rings. The van der Waals surface area contributed by atoms with E-state index < -0.39 is 0 Å². The third kappa shape index (κ3) is 3.04. The Morgan fingerprint density at radius 3 is 2.44 bits per heavy atom. The Hall–Kier alpha value is -0.610. The van der Waals surface area contributed by atoms with Crippen molar-refractivity contribution >= 4 is 39.1 Å². The molecule has 0 saturated carbocycles. The predicted molar refractivity (Wildman–Crippen MR) is 79.0 cm³/mol. The van der Waals surface area contributed by atoms with Crippen LogP contribution in [0.3, 0.4) is 0 Å². The first-order valence-corrected chi connectivity index (χ1v) is 6.93. The van der Waals surface area contributed by atoms with Crippen LogP contribution in [0.4, 0.5) is 0 Å². The monoisotopic (exact) mass is 344 g/mol. The molecule has 2 aromatic rings. The van der Waals surface area contributed by atoms with Crippen LogP contribution in [0.2, 0.25) is 10.0 Å². The first kappa shape index (κ1) is 13.8. The Kier molecular flexibility index (Phi) is 4.62. The van der Waals surface area contributed by atoms with E-state index in [1.165, 1.54) is 0 Å². The lowest BCUT2D eigenvalue weighted by Crippen LogP contribution is -2.16. The van der Waals surface area contributed by atoms with Crippen LogP contribution in [-0.2, 0) is 6.42 Å². The van der Waals surface area contributed by atoms with Crippen LogP contribution < -0.4 is 5.73 Å². The molecular formula is C13H11BrCl2N2. The highest BCUT2D eigenvalue weighted by molar-refractivity contribution is 9.10. The Morgan fingerprint density at radius 2 is 1.83 bits per heavy atom. The maximum Gasteiger partial charge on any atom is 0.0716 e. The molecule has 1 atom stereocenters. The van der Waals surface area contributed by atoms with Crippen molar-refractivity contribution in [2.75, 3.05) is 0 Å². The van der Waals surface area contributed by atoms with E-state index in [-0.39, 0.29) is 6.04 Å². The Morgan fingerprint density at radius 1 is 1.17 bits per heavy atom. The molecule has 5 heteroatoms. The van der Waals surface area contributed by atoms with E-state index in [4.69, 9.17) is 28.9 Å². The zero-order chi connectivity index (χ0) is 13.1. The van der Waals surface area contributed by atoms with Crippen molar-refractivity contribution in [2.45, 2.75) is 12.5 Å². The van der Waals surface area contributed by atoms with Gasteiger partial charge in [0.05, 0.1) is 11.7 Å². The highest BCUT2D eigenvalue weighted by Gasteiger charge is 2.15. The van der Waals surface area contributed by atoms with Gasteiger partial charge in [-0.25, -0.2) is 0 Å². The minimum absolute atomic E-state index is 0.252. The van der Waals surface area contributed by atoms with Crippen LogP contribution in [-0.4, -0.2) is 4.98 Å². The highest BCUT2D eigenvalue weighted by atomic mass is 79.9. The SMILES string of the molecule is NC(Cc1c(Cl)cccc1Cl)c1ncccc1Br. The molecule has 2 nitrogen and oxygen atoms in total. The topological polar surface area (TPSA) is 38.9 Å². The van der Waals surface area contributed by atoms with Gasteiger partial charge in [-0.2, -0.15) is 0 Å². The zero-order valence-corrected chi connectivity index (χ0v) is 12.5. The first-order chi connectivity index (χ1) is 8.59. The fourth-order valence-corrected chi connectivity index (χ4v) is 2.82. The van der Waals surface area contributed by atoms with Crippen molar-refractivity contribution in [1.29, 1.82) is 0 Å². The predicted octanol–water partition coefficient (Wildman–Crippen LogP) is 4.39. The van der Waals surface area contributed by atoms with Gasteiger partial charge in [0.25, 0.3) is 0 Å². The molecule has 0 amide bonds. The molecule has 0 saturated heterocycles. The van der Waals surface area contributed by atoms with Crippen molar-refractivity contribution in [3.8, 4) is 0 Å². The largest absolute Gasteiger partial charge is 0.322 e. The van der Waals surface area contributed by atoms with Crippen LogP contribution in [0.15, 0.2) is 41.0 Å². The number of benzene rings is 1. The third-order valence-corrected chi connectivity index (χ3v) is 4.00. The van der Waals surface area contributed by atoms with Gasteiger partial charge in [0.2, 0.25) is 0 Å². The molecule has 2 N–H and O–H groups in total. The van der Waals surface area contributed by atoms with Gasteiger partial charge in [-0.05, 0) is 52.2 Å². The Balaban J connectivity index is 2.27. The molecule has 0 aliphatic heterocycles. The Labute approximate surface area is 124 Å². The van der Waals surface area contributed by atoms with E-state index in [9.17, 15) is 0 Å². The number of rotatable bonds is 3. The van der Waals surface area contributed by atoms with Crippen molar-refractivity contribution in [3.63, 3.8) is 0 Å². The molecule has 18 heavy (non-hydrogen) atoms. The summed E-state index contributed by atoms with van der Waals surface area (Å²) in [6.45, 7) is 0. The smallest absolute Gasteiger partial charge is 0.0716 e. The molecular weight excluding hydrogens is 335 g/mol. The number of aromatic nitrogens is 1. The van der Waals surface area contributed by atoms with E-state index in [0.717, 1.165) is 15.7 Å². The van der Waals surface area contributed by atoms with E-state index in [0.29, 0.717) is 16.5 Å². The van der Waals surface area contributed by atoms with Gasteiger partial charge in [-0.3, -0.25) is 4.98 Å². The molecule has 0 bridgehead atoms. The molecule has 94 valence electrons. The van der Waals surface area contributed by atoms with Crippen LogP contribution in [0.25, 0.3) is 0 Å². The fraction of sp³-hybridized carbons (Fsp3) is 0.154. The van der Waals surface area contributed by atoms with E-state index in [1.54, 1.807) is 6.20 Å². The van der Waals surface area contributed by atoms with Crippen LogP contribution in [0.5, 0.6) is 0 Å². The van der Waals surface area contributed by atoms with Crippen molar-refractivity contribution in [3.05, 3.63) is 62.3 Å². The lowest BCUT2D eigenvalue weighted by Gasteiger charge is -2.14. The van der Waals surface area contributed by atoms with Crippen molar-refractivity contribution in [2.24, 2.45) is 5.73 Å². The fourth-order valence-electron chi connectivity index (χ4n) is 1.71. The van der Waals surface area contributed by atoms with E-state index in [2.05, 4.69) is 20.9 Å². The zero-order valence-electron chi connectivity index (χ0n) is 9.41. The summed E-state index contributed by atoms with van der Waals surface area (Å²) in [7, 11) is 0. The second-order valence-corrected chi connectivity index (χ2v) is 5.55. The average Bonchev–Trinajstić information content (AvgIpc) is 2.34. The number of nitrogens with zero attached hydrogens (tertiary/aromatic N) is 1. The molecule has 0 aliphatic carbocycles. The molecule has 1 heterocycles. The summed E-state index contributed by atoms with van der Waals surface area (Å²) in [6, 6.07) is 8.94. The van der Waals surface area contributed by atoms with Gasteiger partial charge >= 0.3 is 0 Å². The lowest BCUT2D eigenvalue weighted by atomic mass is 10.0. The van der Waals surface area contributed by atoms with Gasteiger partial charge in [-0.1, -0.05) is 29.3 Å². The standard InChI is InChI=1S/C13H11BrCl2N2/c14-9-3-2-6-18-13(9)12(17)7-8-10(15)4-1-5-11(8)16/h1-6,12H,7,17H2. The van der Waals surface area contributed by atoms with Crippen molar-refractivity contribution in [1.82, 2.24) is 4.98 Å². The van der Waals surface area contributed by atoms with Crippen LogP contribution >= 0.6 is 39.1 Å². The number of hydrogen-bond acceptors (Lipinski definition) is 2. The summed E-state index contributed by atoms with van der Waals surface area (Å²) in [6.07, 6.45) is 2.27. The minimum atomic E-state index is -0.252. The molecule has 1 aromatic heterocycles. The number of halogens is 3. The first-order valence-electron chi connectivity index (χ1n) is 5.38. The van der Waals surface area contributed by atoms with Crippen LogP contribution in [0.1, 0.15) is 17.3 Å². The summed E-state index contributed by atoms with van der Waals surface area (Å²) in [5.41, 5.74) is 7.81. The van der Waals surface area contributed by atoms with Gasteiger partial charge in [0.15, 0.2) is 0 Å². The average molecular weight is 346 g/mol. The normalized spacial score (nSPS) is 12.4. The van der Waals surface area contributed by atoms with Gasteiger partial charge in [-0.15, -0.1) is 0 Å². The summed E-state index contributed by atoms with van der Waals surface area (Å²) < 4.78 is 0.890. The molecule has 2 rings (SSSR count). The third-order valence-electron chi connectivity index (χ3n) is 2.62. The second-order valence-electron chi connectivity index (χ2n) is 3.88. The van der Waals surface area contributed by atoms with E-state index >= 15 is 0 Å².